The van der Waals surface area contributed by atoms with Gasteiger partial charge in [-0.05, 0) is 43.5 Å². The zero-order chi connectivity index (χ0) is 16.4. The first kappa shape index (κ1) is 15.5. The van der Waals surface area contributed by atoms with Gasteiger partial charge in [0.05, 0.1) is 17.6 Å². The number of sulfonamides is 1. The number of aryl methyl sites for hydroxylation is 1. The van der Waals surface area contributed by atoms with Gasteiger partial charge in [0.1, 0.15) is 0 Å². The van der Waals surface area contributed by atoms with Crippen molar-refractivity contribution in [1.82, 2.24) is 5.16 Å². The van der Waals surface area contributed by atoms with E-state index in [1.165, 1.54) is 16.6 Å². The first-order valence-corrected chi connectivity index (χ1v) is 8.97. The Balaban J connectivity index is 1.86. The van der Waals surface area contributed by atoms with Gasteiger partial charge >= 0.3 is 0 Å². The molecule has 3 rings (SSSR count). The van der Waals surface area contributed by atoms with E-state index in [1.54, 1.807) is 25.1 Å². The standard InChI is InChI=1S/C15H17N3O4S/c1-2-23(20,21)18-9-3-4-11-10-12(5-6-13(11)18)17-15(19)14-7-8-16-22-14/h5-8,10H,2-4,9H2,1H3,(H,17,19). The summed E-state index contributed by atoms with van der Waals surface area (Å²) in [6.07, 6.45) is 2.93. The second-order valence-corrected chi connectivity index (χ2v) is 7.43. The molecule has 1 N–H and O–H groups in total. The fourth-order valence-corrected chi connectivity index (χ4v) is 3.81. The van der Waals surface area contributed by atoms with E-state index >= 15 is 0 Å². The van der Waals surface area contributed by atoms with Crippen molar-refractivity contribution in [2.45, 2.75) is 19.8 Å². The van der Waals surface area contributed by atoms with Crippen LogP contribution in [0.1, 0.15) is 29.5 Å². The molecule has 0 bridgehead atoms. The third-order valence-electron chi connectivity index (χ3n) is 3.78. The fraction of sp³-hybridized carbons (Fsp3) is 0.333. The van der Waals surface area contributed by atoms with Gasteiger partial charge in [0.25, 0.3) is 5.91 Å². The lowest BCUT2D eigenvalue weighted by Gasteiger charge is -2.30. The maximum atomic E-state index is 12.2. The molecule has 0 saturated heterocycles. The Bertz CT molecular complexity index is 815. The Labute approximate surface area is 134 Å². The van der Waals surface area contributed by atoms with Gasteiger partial charge in [-0.15, -0.1) is 0 Å². The highest BCUT2D eigenvalue weighted by atomic mass is 32.2. The normalized spacial score (nSPS) is 14.4. The van der Waals surface area contributed by atoms with E-state index in [0.29, 0.717) is 17.9 Å². The van der Waals surface area contributed by atoms with Crippen molar-refractivity contribution >= 4 is 27.3 Å². The molecule has 1 aliphatic heterocycles. The highest BCUT2D eigenvalue weighted by molar-refractivity contribution is 7.92. The molecule has 0 fully saturated rings. The third kappa shape index (κ3) is 3.07. The van der Waals surface area contributed by atoms with Crippen LogP contribution in [-0.2, 0) is 16.4 Å². The molecule has 2 heterocycles. The molecule has 23 heavy (non-hydrogen) atoms. The summed E-state index contributed by atoms with van der Waals surface area (Å²) >= 11 is 0. The summed E-state index contributed by atoms with van der Waals surface area (Å²) in [5.41, 5.74) is 2.19. The lowest BCUT2D eigenvalue weighted by molar-refractivity contribution is 0.0988. The number of rotatable bonds is 4. The topological polar surface area (TPSA) is 92.5 Å². The van der Waals surface area contributed by atoms with E-state index in [0.717, 1.165) is 18.4 Å². The molecule has 0 aliphatic carbocycles. The van der Waals surface area contributed by atoms with Crippen LogP contribution in [0.15, 0.2) is 35.0 Å². The summed E-state index contributed by atoms with van der Waals surface area (Å²) in [5, 5.41) is 6.21. The second-order valence-electron chi connectivity index (χ2n) is 5.25. The maximum absolute atomic E-state index is 12.2. The number of hydrogen-bond donors (Lipinski definition) is 1. The Morgan fingerprint density at radius 2 is 2.22 bits per heavy atom. The summed E-state index contributed by atoms with van der Waals surface area (Å²) in [7, 11) is -3.28. The number of benzene rings is 1. The van der Waals surface area contributed by atoms with Gasteiger partial charge in [-0.1, -0.05) is 5.16 Å². The van der Waals surface area contributed by atoms with Crippen molar-refractivity contribution in [3.63, 3.8) is 0 Å². The molecule has 0 spiro atoms. The molecular weight excluding hydrogens is 318 g/mol. The second kappa shape index (κ2) is 6.04. The van der Waals surface area contributed by atoms with Crippen molar-refractivity contribution < 1.29 is 17.7 Å². The molecule has 1 aliphatic rings. The number of nitrogens with one attached hydrogen (secondary N) is 1. The number of fused-ring (bicyclic) bond motifs is 1. The SMILES string of the molecule is CCS(=O)(=O)N1CCCc2cc(NC(=O)c3ccno3)ccc21. The molecule has 1 aromatic carbocycles. The lowest BCUT2D eigenvalue weighted by Crippen LogP contribution is -2.36. The summed E-state index contributed by atoms with van der Waals surface area (Å²) in [6, 6.07) is 6.71. The number of aromatic nitrogens is 1. The maximum Gasteiger partial charge on any atom is 0.294 e. The number of amides is 1. The lowest BCUT2D eigenvalue weighted by atomic mass is 10.0. The third-order valence-corrected chi connectivity index (χ3v) is 5.56. The first-order chi connectivity index (χ1) is 11.0. The summed E-state index contributed by atoms with van der Waals surface area (Å²) in [5.74, 6) is -0.203. The largest absolute Gasteiger partial charge is 0.351 e. The minimum Gasteiger partial charge on any atom is -0.351 e. The first-order valence-electron chi connectivity index (χ1n) is 7.36. The molecular formula is C15H17N3O4S. The molecule has 0 radical (unpaired) electrons. The van der Waals surface area contributed by atoms with Crippen LogP contribution in [-0.4, -0.2) is 31.8 Å². The Morgan fingerprint density at radius 3 is 2.91 bits per heavy atom. The van der Waals surface area contributed by atoms with E-state index in [4.69, 9.17) is 4.52 Å². The zero-order valence-corrected chi connectivity index (χ0v) is 13.5. The molecule has 2 aromatic rings. The van der Waals surface area contributed by atoms with Crippen LogP contribution in [0.3, 0.4) is 0 Å². The fourth-order valence-electron chi connectivity index (χ4n) is 2.61. The Hall–Kier alpha value is -2.35. The highest BCUT2D eigenvalue weighted by Gasteiger charge is 2.26. The van der Waals surface area contributed by atoms with Crippen LogP contribution in [0.5, 0.6) is 0 Å². The van der Waals surface area contributed by atoms with Crippen LogP contribution < -0.4 is 9.62 Å². The van der Waals surface area contributed by atoms with E-state index < -0.39 is 15.9 Å². The van der Waals surface area contributed by atoms with Gasteiger partial charge in [-0.2, -0.15) is 0 Å². The van der Waals surface area contributed by atoms with Gasteiger partial charge in [0.15, 0.2) is 0 Å². The van der Waals surface area contributed by atoms with Crippen molar-refractivity contribution in [3.05, 3.63) is 41.8 Å². The van der Waals surface area contributed by atoms with E-state index in [9.17, 15) is 13.2 Å². The van der Waals surface area contributed by atoms with Gasteiger partial charge in [0, 0.05) is 18.3 Å². The number of carbonyl (C=O) groups excluding carboxylic acids is 1. The molecule has 8 heteroatoms. The molecule has 1 aromatic heterocycles. The number of carbonyl (C=O) groups is 1. The average molecular weight is 335 g/mol. The minimum atomic E-state index is -3.28. The summed E-state index contributed by atoms with van der Waals surface area (Å²) in [4.78, 5) is 12.0. The van der Waals surface area contributed by atoms with Crippen molar-refractivity contribution in [2.75, 3.05) is 21.9 Å². The van der Waals surface area contributed by atoms with E-state index in [1.807, 2.05) is 0 Å². The average Bonchev–Trinajstić information content (AvgIpc) is 3.08. The molecule has 1 amide bonds. The number of anilines is 2. The van der Waals surface area contributed by atoms with Gasteiger partial charge in [-0.25, -0.2) is 8.42 Å². The predicted molar refractivity (Wildman–Crippen MR) is 86.0 cm³/mol. The molecule has 0 atom stereocenters. The summed E-state index contributed by atoms with van der Waals surface area (Å²) in [6.45, 7) is 2.13. The van der Waals surface area contributed by atoms with Crippen molar-refractivity contribution in [1.29, 1.82) is 0 Å². The van der Waals surface area contributed by atoms with Crippen LogP contribution >= 0.6 is 0 Å². The minimum absolute atomic E-state index is 0.0659. The van der Waals surface area contributed by atoms with Crippen molar-refractivity contribution in [3.8, 4) is 0 Å². The van der Waals surface area contributed by atoms with Gasteiger partial charge in [-0.3, -0.25) is 9.10 Å². The van der Waals surface area contributed by atoms with Crippen LogP contribution in [0.4, 0.5) is 11.4 Å². The predicted octanol–water partition coefficient (Wildman–Crippen LogP) is 2.03. The van der Waals surface area contributed by atoms with Crippen LogP contribution in [0, 0.1) is 0 Å². The summed E-state index contributed by atoms with van der Waals surface area (Å²) < 4.78 is 30.6. The number of hydrogen-bond acceptors (Lipinski definition) is 5. The van der Waals surface area contributed by atoms with E-state index in [-0.39, 0.29) is 11.5 Å². The van der Waals surface area contributed by atoms with Crippen molar-refractivity contribution in [2.24, 2.45) is 0 Å². The number of nitrogens with zero attached hydrogens (tertiary/aromatic N) is 2. The van der Waals surface area contributed by atoms with Crippen LogP contribution in [0.25, 0.3) is 0 Å². The van der Waals surface area contributed by atoms with Gasteiger partial charge < -0.3 is 9.84 Å². The Kier molecular flexibility index (Phi) is 4.08. The van der Waals surface area contributed by atoms with Crippen LogP contribution in [0.2, 0.25) is 0 Å². The Morgan fingerprint density at radius 1 is 1.39 bits per heavy atom. The molecule has 0 saturated carbocycles. The van der Waals surface area contributed by atoms with Gasteiger partial charge in [0.2, 0.25) is 15.8 Å². The molecule has 0 unspecified atom stereocenters. The monoisotopic (exact) mass is 335 g/mol. The van der Waals surface area contributed by atoms with E-state index in [2.05, 4.69) is 10.5 Å². The highest BCUT2D eigenvalue weighted by Crippen LogP contribution is 2.31. The zero-order valence-electron chi connectivity index (χ0n) is 12.7. The molecule has 122 valence electrons. The smallest absolute Gasteiger partial charge is 0.294 e. The molecule has 7 nitrogen and oxygen atoms in total. The quantitative estimate of drug-likeness (QED) is 0.923.